The molecule has 0 spiro atoms. The van der Waals surface area contributed by atoms with Crippen LogP contribution < -0.4 is 0 Å². The Hall–Kier alpha value is -3.28. The highest BCUT2D eigenvalue weighted by atomic mass is 16.3. The van der Waals surface area contributed by atoms with E-state index in [1.807, 2.05) is 30.0 Å². The molecule has 0 fully saturated rings. The van der Waals surface area contributed by atoms with Crippen molar-refractivity contribution in [1.82, 2.24) is 9.80 Å². The van der Waals surface area contributed by atoms with Crippen molar-refractivity contribution in [2.45, 2.75) is 39.8 Å². The highest BCUT2D eigenvalue weighted by molar-refractivity contribution is 5.95. The maximum absolute atomic E-state index is 13.2. The first-order chi connectivity index (χ1) is 14.5. The lowest BCUT2D eigenvalue weighted by Crippen LogP contribution is -2.39. The molecule has 6 heteroatoms. The number of fused-ring (bicyclic) bond motifs is 1. The van der Waals surface area contributed by atoms with Gasteiger partial charge in [-0.1, -0.05) is 24.3 Å². The van der Waals surface area contributed by atoms with Gasteiger partial charge >= 0.3 is 0 Å². The second kappa shape index (κ2) is 8.61. The van der Waals surface area contributed by atoms with E-state index in [0.717, 1.165) is 6.42 Å². The van der Waals surface area contributed by atoms with Crippen LogP contribution >= 0.6 is 0 Å². The van der Waals surface area contributed by atoms with Crippen LogP contribution in [0.1, 0.15) is 45.2 Å². The van der Waals surface area contributed by atoms with E-state index in [-0.39, 0.29) is 18.2 Å². The third-order valence-electron chi connectivity index (χ3n) is 5.56. The van der Waals surface area contributed by atoms with Gasteiger partial charge in [-0.25, -0.2) is 0 Å². The predicted molar refractivity (Wildman–Crippen MR) is 112 cm³/mol. The molecule has 0 N–H and O–H groups in total. The van der Waals surface area contributed by atoms with E-state index in [2.05, 4.69) is 12.1 Å². The number of benzene rings is 1. The minimum atomic E-state index is -0.155. The number of hydrogen-bond acceptors (Lipinski definition) is 4. The average molecular weight is 406 g/mol. The number of hydrogen-bond donors (Lipinski definition) is 0. The van der Waals surface area contributed by atoms with Gasteiger partial charge in [-0.2, -0.15) is 0 Å². The first-order valence-corrected chi connectivity index (χ1v) is 10.2. The van der Waals surface area contributed by atoms with Gasteiger partial charge in [0.25, 0.3) is 5.91 Å². The fraction of sp³-hybridized carbons (Fsp3) is 0.333. The van der Waals surface area contributed by atoms with Gasteiger partial charge in [0.15, 0.2) is 0 Å². The van der Waals surface area contributed by atoms with Crippen LogP contribution in [0.5, 0.6) is 0 Å². The number of rotatable bonds is 6. The predicted octanol–water partition coefficient (Wildman–Crippen LogP) is 4.11. The molecule has 0 saturated carbocycles. The van der Waals surface area contributed by atoms with Crippen molar-refractivity contribution in [3.8, 4) is 0 Å². The Morgan fingerprint density at radius 1 is 1.10 bits per heavy atom. The summed E-state index contributed by atoms with van der Waals surface area (Å²) >= 11 is 0. The van der Waals surface area contributed by atoms with Crippen LogP contribution in [0.15, 0.2) is 57.6 Å². The Morgan fingerprint density at radius 2 is 1.90 bits per heavy atom. The number of aryl methyl sites for hydroxylation is 2. The summed E-state index contributed by atoms with van der Waals surface area (Å²) in [4.78, 5) is 29.6. The van der Waals surface area contributed by atoms with Gasteiger partial charge < -0.3 is 18.6 Å². The number of carbonyl (C=O) groups is 2. The zero-order chi connectivity index (χ0) is 21.1. The first-order valence-electron chi connectivity index (χ1n) is 10.2. The van der Waals surface area contributed by atoms with E-state index < -0.39 is 0 Å². The number of nitrogens with zero attached hydrogens (tertiary/aromatic N) is 2. The molecule has 2 amide bonds. The molecule has 1 aliphatic rings. The van der Waals surface area contributed by atoms with Gasteiger partial charge in [-0.05, 0) is 49.6 Å². The molecule has 1 aromatic carbocycles. The second-order valence-electron chi connectivity index (χ2n) is 7.72. The quantitative estimate of drug-likeness (QED) is 0.618. The van der Waals surface area contributed by atoms with Gasteiger partial charge in [0.2, 0.25) is 5.91 Å². The number of amides is 2. The van der Waals surface area contributed by atoms with Crippen molar-refractivity contribution in [2.75, 3.05) is 13.1 Å². The first kappa shape index (κ1) is 20.0. The Morgan fingerprint density at radius 3 is 2.60 bits per heavy atom. The largest absolute Gasteiger partial charge is 0.467 e. The minimum Gasteiger partial charge on any atom is -0.467 e. The average Bonchev–Trinajstić information content (AvgIpc) is 3.38. The van der Waals surface area contributed by atoms with E-state index in [4.69, 9.17) is 8.83 Å². The van der Waals surface area contributed by atoms with Crippen LogP contribution in [0.3, 0.4) is 0 Å². The molecule has 6 nitrogen and oxygen atoms in total. The van der Waals surface area contributed by atoms with Crippen LogP contribution in [0.2, 0.25) is 0 Å². The van der Waals surface area contributed by atoms with Crippen LogP contribution in [-0.2, 0) is 24.3 Å². The van der Waals surface area contributed by atoms with Crippen LogP contribution in [0.25, 0.3) is 0 Å². The van der Waals surface area contributed by atoms with E-state index >= 15 is 0 Å². The van der Waals surface area contributed by atoms with Crippen molar-refractivity contribution in [1.29, 1.82) is 0 Å². The van der Waals surface area contributed by atoms with Gasteiger partial charge in [0.05, 0.1) is 18.4 Å². The molecule has 156 valence electrons. The van der Waals surface area contributed by atoms with E-state index in [1.165, 1.54) is 11.1 Å². The fourth-order valence-corrected chi connectivity index (χ4v) is 3.95. The summed E-state index contributed by atoms with van der Waals surface area (Å²) in [6.07, 6.45) is 2.72. The van der Waals surface area contributed by atoms with E-state index in [1.54, 1.807) is 30.2 Å². The molecule has 0 bridgehead atoms. The zero-order valence-corrected chi connectivity index (χ0v) is 17.4. The molecule has 0 radical (unpaired) electrons. The van der Waals surface area contributed by atoms with Gasteiger partial charge in [0, 0.05) is 26.1 Å². The fourth-order valence-electron chi connectivity index (χ4n) is 3.95. The Balaban J connectivity index is 1.44. The zero-order valence-electron chi connectivity index (χ0n) is 17.4. The molecule has 3 heterocycles. The van der Waals surface area contributed by atoms with Crippen molar-refractivity contribution in [2.24, 2.45) is 0 Å². The maximum Gasteiger partial charge on any atom is 0.257 e. The third kappa shape index (κ3) is 4.32. The van der Waals surface area contributed by atoms with E-state index in [0.29, 0.717) is 49.0 Å². The lowest BCUT2D eigenvalue weighted by molar-refractivity contribution is -0.132. The van der Waals surface area contributed by atoms with Gasteiger partial charge in [0.1, 0.15) is 17.3 Å². The van der Waals surface area contributed by atoms with Crippen LogP contribution in [-0.4, -0.2) is 34.7 Å². The normalized spacial score (nSPS) is 13.2. The molecular weight excluding hydrogens is 380 g/mol. The summed E-state index contributed by atoms with van der Waals surface area (Å²) in [5.41, 5.74) is 3.03. The van der Waals surface area contributed by atoms with Crippen LogP contribution in [0, 0.1) is 13.8 Å². The molecule has 2 aromatic heterocycles. The summed E-state index contributed by atoms with van der Waals surface area (Å²) in [6.45, 7) is 5.56. The summed E-state index contributed by atoms with van der Waals surface area (Å²) in [5.74, 6) is 1.86. The highest BCUT2D eigenvalue weighted by Gasteiger charge is 2.25. The summed E-state index contributed by atoms with van der Waals surface area (Å²) in [6, 6.07) is 13.6. The molecule has 0 atom stereocenters. The molecule has 0 aliphatic carbocycles. The Kier molecular flexibility index (Phi) is 5.74. The standard InChI is InChI=1S/C24H26N2O4/c1-17-14-22(18(2)30-17)24(28)26(16-21-8-5-13-29-21)12-10-23(27)25-11-9-19-6-3-4-7-20(19)15-25/h3-8,13-14H,9-12,15-16H2,1-2H3. The Bertz CT molecular complexity index is 1040. The summed E-state index contributed by atoms with van der Waals surface area (Å²) in [5, 5.41) is 0. The summed E-state index contributed by atoms with van der Waals surface area (Å²) in [7, 11) is 0. The molecule has 30 heavy (non-hydrogen) atoms. The molecule has 0 unspecified atom stereocenters. The highest BCUT2D eigenvalue weighted by Crippen LogP contribution is 2.21. The number of furan rings is 2. The maximum atomic E-state index is 13.2. The topological polar surface area (TPSA) is 66.9 Å². The van der Waals surface area contributed by atoms with E-state index in [9.17, 15) is 9.59 Å². The SMILES string of the molecule is Cc1cc(C(=O)N(CCC(=O)N2CCc3ccccc3C2)Cc2ccco2)c(C)o1. The third-order valence-corrected chi connectivity index (χ3v) is 5.56. The minimum absolute atomic E-state index is 0.0573. The molecular formula is C24H26N2O4. The van der Waals surface area contributed by atoms with Crippen LogP contribution in [0.4, 0.5) is 0 Å². The smallest absolute Gasteiger partial charge is 0.257 e. The monoisotopic (exact) mass is 406 g/mol. The number of carbonyl (C=O) groups excluding carboxylic acids is 2. The molecule has 0 saturated heterocycles. The van der Waals surface area contributed by atoms with Gasteiger partial charge in [-0.3, -0.25) is 9.59 Å². The molecule has 4 rings (SSSR count). The van der Waals surface area contributed by atoms with Crippen molar-refractivity contribution in [3.05, 3.63) is 82.7 Å². The second-order valence-corrected chi connectivity index (χ2v) is 7.72. The van der Waals surface area contributed by atoms with Crippen molar-refractivity contribution < 1.29 is 18.4 Å². The summed E-state index contributed by atoms with van der Waals surface area (Å²) < 4.78 is 11.0. The molecule has 1 aliphatic heterocycles. The molecule has 3 aromatic rings. The van der Waals surface area contributed by atoms with Crippen molar-refractivity contribution in [3.63, 3.8) is 0 Å². The lowest BCUT2D eigenvalue weighted by atomic mass is 10.00. The Labute approximate surface area is 176 Å². The lowest BCUT2D eigenvalue weighted by Gasteiger charge is -2.30. The van der Waals surface area contributed by atoms with Gasteiger partial charge in [-0.15, -0.1) is 0 Å². The van der Waals surface area contributed by atoms with Crippen molar-refractivity contribution >= 4 is 11.8 Å².